The fourth-order valence-corrected chi connectivity index (χ4v) is 2.89. The molecule has 3 rings (SSSR count). The van der Waals surface area contributed by atoms with Crippen LogP contribution in [0.25, 0.3) is 0 Å². The van der Waals surface area contributed by atoms with Gasteiger partial charge < -0.3 is 10.2 Å². The first kappa shape index (κ1) is 15.1. The minimum atomic E-state index is -0.279. The van der Waals surface area contributed by atoms with Gasteiger partial charge in [0.25, 0.3) is 0 Å². The molecule has 0 bridgehead atoms. The Morgan fingerprint density at radius 2 is 1.91 bits per heavy atom. The van der Waals surface area contributed by atoms with Crippen LogP contribution in [-0.2, 0) is 11.3 Å². The summed E-state index contributed by atoms with van der Waals surface area (Å²) in [6.07, 6.45) is 0. The van der Waals surface area contributed by atoms with Crippen LogP contribution in [-0.4, -0.2) is 11.9 Å². The van der Waals surface area contributed by atoms with E-state index in [9.17, 15) is 10.1 Å². The van der Waals surface area contributed by atoms with Gasteiger partial charge in [-0.1, -0.05) is 18.2 Å². The fraction of sp³-hybridized carbons (Fsp3) is 0.263. The van der Waals surface area contributed by atoms with Crippen LogP contribution in [0, 0.1) is 25.2 Å². The first-order valence-corrected chi connectivity index (χ1v) is 7.68. The standard InChI is InChI=1S/C19H19N3O/c1-12-8-17-18(9-13(12)2)22(19(23)14(3)21-17)11-16-7-5-4-6-15(16)10-20/h4-9,14,21H,11H2,1-3H3. The van der Waals surface area contributed by atoms with Gasteiger partial charge in [-0.25, -0.2) is 0 Å². The molecule has 1 unspecified atom stereocenters. The average Bonchev–Trinajstić information content (AvgIpc) is 2.54. The predicted molar refractivity (Wildman–Crippen MR) is 91.3 cm³/mol. The monoisotopic (exact) mass is 305 g/mol. The highest BCUT2D eigenvalue weighted by atomic mass is 16.2. The lowest BCUT2D eigenvalue weighted by Crippen LogP contribution is -2.45. The van der Waals surface area contributed by atoms with Crippen LogP contribution in [0.4, 0.5) is 11.4 Å². The van der Waals surface area contributed by atoms with Gasteiger partial charge in [-0.3, -0.25) is 4.79 Å². The molecule has 1 amide bonds. The number of hydrogen-bond acceptors (Lipinski definition) is 3. The number of aryl methyl sites for hydroxylation is 2. The summed E-state index contributed by atoms with van der Waals surface area (Å²) in [7, 11) is 0. The molecule has 1 aliphatic heterocycles. The second-order valence-electron chi connectivity index (χ2n) is 6.01. The van der Waals surface area contributed by atoms with Crippen molar-refractivity contribution in [3.8, 4) is 6.07 Å². The number of nitrogens with one attached hydrogen (secondary N) is 1. The van der Waals surface area contributed by atoms with Crippen LogP contribution in [0.2, 0.25) is 0 Å². The van der Waals surface area contributed by atoms with E-state index in [2.05, 4.69) is 24.4 Å². The van der Waals surface area contributed by atoms with Crippen molar-refractivity contribution >= 4 is 17.3 Å². The third-order valence-corrected chi connectivity index (χ3v) is 4.38. The maximum Gasteiger partial charge on any atom is 0.249 e. The molecule has 1 heterocycles. The molecule has 0 saturated carbocycles. The number of hydrogen-bond donors (Lipinski definition) is 1. The van der Waals surface area contributed by atoms with Gasteiger partial charge in [-0.2, -0.15) is 5.26 Å². The van der Waals surface area contributed by atoms with Crippen molar-refractivity contribution in [2.45, 2.75) is 33.4 Å². The van der Waals surface area contributed by atoms with Crippen LogP contribution < -0.4 is 10.2 Å². The van der Waals surface area contributed by atoms with E-state index in [-0.39, 0.29) is 11.9 Å². The van der Waals surface area contributed by atoms with Gasteiger partial charge in [0.05, 0.1) is 29.6 Å². The zero-order valence-corrected chi connectivity index (χ0v) is 13.6. The van der Waals surface area contributed by atoms with Gasteiger partial charge in [-0.15, -0.1) is 0 Å². The minimum absolute atomic E-state index is 0.0218. The molecule has 23 heavy (non-hydrogen) atoms. The maximum atomic E-state index is 12.7. The first-order chi connectivity index (χ1) is 11.0. The van der Waals surface area contributed by atoms with E-state index in [4.69, 9.17) is 0 Å². The quantitative estimate of drug-likeness (QED) is 0.923. The van der Waals surface area contributed by atoms with Crippen LogP contribution in [0.1, 0.15) is 29.2 Å². The molecule has 116 valence electrons. The Kier molecular flexibility index (Phi) is 3.79. The molecule has 2 aromatic carbocycles. The molecular weight excluding hydrogens is 286 g/mol. The van der Waals surface area contributed by atoms with Gasteiger partial charge in [0, 0.05) is 0 Å². The Balaban J connectivity index is 2.07. The van der Waals surface area contributed by atoms with E-state index in [0.29, 0.717) is 12.1 Å². The minimum Gasteiger partial charge on any atom is -0.372 e. The lowest BCUT2D eigenvalue weighted by atomic mass is 10.0. The smallest absolute Gasteiger partial charge is 0.249 e. The summed E-state index contributed by atoms with van der Waals surface area (Å²) in [5.74, 6) is 0.0218. The second-order valence-corrected chi connectivity index (χ2v) is 6.01. The fourth-order valence-electron chi connectivity index (χ4n) is 2.89. The SMILES string of the molecule is Cc1cc2c(cc1C)N(Cc1ccccc1C#N)C(=O)C(C)N2. The summed E-state index contributed by atoms with van der Waals surface area (Å²) in [6, 6.07) is 13.5. The van der Waals surface area contributed by atoms with Crippen molar-refractivity contribution in [3.63, 3.8) is 0 Å². The molecule has 0 spiro atoms. The number of nitrogens with zero attached hydrogens (tertiary/aromatic N) is 2. The summed E-state index contributed by atoms with van der Waals surface area (Å²) in [5.41, 5.74) is 5.65. The topological polar surface area (TPSA) is 56.1 Å². The first-order valence-electron chi connectivity index (χ1n) is 7.68. The molecule has 1 atom stereocenters. The lowest BCUT2D eigenvalue weighted by Gasteiger charge is -2.35. The molecule has 0 aromatic heterocycles. The highest BCUT2D eigenvalue weighted by Gasteiger charge is 2.30. The van der Waals surface area contributed by atoms with Crippen molar-refractivity contribution < 1.29 is 4.79 Å². The normalized spacial score (nSPS) is 16.5. The third-order valence-electron chi connectivity index (χ3n) is 4.38. The van der Waals surface area contributed by atoms with Crippen LogP contribution in [0.15, 0.2) is 36.4 Å². The Morgan fingerprint density at radius 3 is 2.65 bits per heavy atom. The molecular formula is C19H19N3O. The largest absolute Gasteiger partial charge is 0.372 e. The number of carbonyl (C=O) groups is 1. The number of fused-ring (bicyclic) bond motifs is 1. The van der Waals surface area contributed by atoms with E-state index in [0.717, 1.165) is 22.5 Å². The van der Waals surface area contributed by atoms with Gasteiger partial charge in [-0.05, 0) is 55.7 Å². The van der Waals surface area contributed by atoms with Gasteiger partial charge in [0.2, 0.25) is 5.91 Å². The van der Waals surface area contributed by atoms with Crippen LogP contribution in [0.5, 0.6) is 0 Å². The molecule has 4 nitrogen and oxygen atoms in total. The van der Waals surface area contributed by atoms with E-state index < -0.39 is 0 Å². The summed E-state index contributed by atoms with van der Waals surface area (Å²) >= 11 is 0. The molecule has 1 N–H and O–H groups in total. The third kappa shape index (κ3) is 2.66. The highest BCUT2D eigenvalue weighted by Crippen LogP contribution is 2.35. The maximum absolute atomic E-state index is 12.7. The Labute approximate surface area is 136 Å². The zero-order valence-electron chi connectivity index (χ0n) is 13.6. The van der Waals surface area contributed by atoms with Crippen molar-refractivity contribution in [1.82, 2.24) is 0 Å². The van der Waals surface area contributed by atoms with E-state index >= 15 is 0 Å². The van der Waals surface area contributed by atoms with E-state index in [1.807, 2.05) is 38.1 Å². The molecule has 0 saturated heterocycles. The molecule has 0 radical (unpaired) electrons. The lowest BCUT2D eigenvalue weighted by molar-refractivity contribution is -0.119. The molecule has 0 aliphatic carbocycles. The number of amides is 1. The Morgan fingerprint density at radius 1 is 1.22 bits per heavy atom. The Hall–Kier alpha value is -2.80. The average molecular weight is 305 g/mol. The molecule has 1 aliphatic rings. The van der Waals surface area contributed by atoms with Crippen LogP contribution in [0.3, 0.4) is 0 Å². The molecule has 4 heteroatoms. The number of rotatable bonds is 2. The Bertz CT molecular complexity index is 820. The molecule has 0 fully saturated rings. The van der Waals surface area contributed by atoms with Crippen molar-refractivity contribution in [2.24, 2.45) is 0 Å². The number of carbonyl (C=O) groups excluding carboxylic acids is 1. The number of benzene rings is 2. The highest BCUT2D eigenvalue weighted by molar-refractivity contribution is 6.04. The predicted octanol–water partition coefficient (Wildman–Crippen LogP) is 3.52. The summed E-state index contributed by atoms with van der Waals surface area (Å²) in [5, 5.41) is 12.5. The van der Waals surface area contributed by atoms with Crippen molar-refractivity contribution in [3.05, 3.63) is 58.7 Å². The number of nitriles is 1. The van der Waals surface area contributed by atoms with Crippen molar-refractivity contribution in [1.29, 1.82) is 5.26 Å². The van der Waals surface area contributed by atoms with E-state index in [1.54, 1.807) is 11.0 Å². The van der Waals surface area contributed by atoms with Gasteiger partial charge in [0.1, 0.15) is 6.04 Å². The second kappa shape index (κ2) is 5.77. The van der Waals surface area contributed by atoms with Crippen molar-refractivity contribution in [2.75, 3.05) is 10.2 Å². The summed E-state index contributed by atoms with van der Waals surface area (Å²) in [4.78, 5) is 14.4. The van der Waals surface area contributed by atoms with E-state index in [1.165, 1.54) is 5.56 Å². The van der Waals surface area contributed by atoms with Gasteiger partial charge >= 0.3 is 0 Å². The van der Waals surface area contributed by atoms with Gasteiger partial charge in [0.15, 0.2) is 0 Å². The summed E-state index contributed by atoms with van der Waals surface area (Å²) < 4.78 is 0. The number of anilines is 2. The van der Waals surface area contributed by atoms with Crippen LogP contribution >= 0.6 is 0 Å². The zero-order chi connectivity index (χ0) is 16.6. The summed E-state index contributed by atoms with van der Waals surface area (Å²) in [6.45, 7) is 6.38. The molecule has 2 aromatic rings.